The zero-order valence-corrected chi connectivity index (χ0v) is 9.61. The van der Waals surface area contributed by atoms with Crippen LogP contribution < -0.4 is 0 Å². The number of benzene rings is 1. The molecule has 0 fully saturated rings. The molecule has 0 amide bonds. The molecule has 0 aliphatic heterocycles. The first-order valence-electron chi connectivity index (χ1n) is 2.79. The van der Waals surface area contributed by atoms with Gasteiger partial charge >= 0.3 is 37.9 Å². The number of aryl methyl sites for hydroxylation is 1. The van der Waals surface area contributed by atoms with Crippen molar-refractivity contribution in [3.05, 3.63) is 35.9 Å². The molecule has 0 heterocycles. The van der Waals surface area contributed by atoms with Gasteiger partial charge in [0.15, 0.2) is 0 Å². The first-order chi connectivity index (χ1) is 4.81. The van der Waals surface area contributed by atoms with Gasteiger partial charge in [-0.15, -0.1) is 0 Å². The number of rotatable bonds is 0. The Morgan fingerprint density at radius 1 is 1.10 bits per heavy atom. The summed E-state index contributed by atoms with van der Waals surface area (Å²) in [6.07, 6.45) is 0. The van der Waals surface area contributed by atoms with Crippen LogP contribution in [-0.2, 0) is 20.8 Å². The van der Waals surface area contributed by atoms with Crippen molar-refractivity contribution in [1.82, 2.24) is 0 Å². The van der Waals surface area contributed by atoms with Gasteiger partial charge in [-0.05, 0) is 6.92 Å². The molecule has 3 heteroatoms. The monoisotopic (exact) mass is 252 g/mol. The van der Waals surface area contributed by atoms with Gasteiger partial charge in [-0.1, -0.05) is 35.9 Å². The van der Waals surface area contributed by atoms with Gasteiger partial charge in [0.1, 0.15) is 0 Å². The molecular formula is C7H8Cl2Zr. The fourth-order valence-corrected chi connectivity index (χ4v) is 0.534. The molecule has 0 N–H and O–H groups in total. The minimum absolute atomic E-state index is 0.826. The van der Waals surface area contributed by atoms with E-state index < -0.39 is 20.8 Å². The molecule has 0 bridgehead atoms. The quantitative estimate of drug-likeness (QED) is 0.666. The molecule has 1 aromatic carbocycles. The first kappa shape index (κ1) is 10.7. The number of hydrogen-bond donors (Lipinski definition) is 0. The third-order valence-corrected chi connectivity index (χ3v) is 0.940. The summed E-state index contributed by atoms with van der Waals surface area (Å²) in [6, 6.07) is 10.3. The van der Waals surface area contributed by atoms with E-state index in [1.807, 2.05) is 18.2 Å². The SMILES string of the molecule is Cc1ccccc1.[Cl][Zr][Cl]. The first-order valence-corrected chi connectivity index (χ1v) is 9.12. The maximum atomic E-state index is 4.93. The average Bonchev–Trinajstić information content (AvgIpc) is 1.91. The van der Waals surface area contributed by atoms with Crippen molar-refractivity contribution >= 4 is 17.0 Å². The molecule has 0 nitrogen and oxygen atoms in total. The molecular weight excluding hydrogens is 246 g/mol. The van der Waals surface area contributed by atoms with Crippen molar-refractivity contribution in [3.63, 3.8) is 0 Å². The summed E-state index contributed by atoms with van der Waals surface area (Å²) in [7, 11) is 9.87. The summed E-state index contributed by atoms with van der Waals surface area (Å²) < 4.78 is 0. The van der Waals surface area contributed by atoms with Crippen LogP contribution in [0.5, 0.6) is 0 Å². The minimum atomic E-state index is -0.826. The van der Waals surface area contributed by atoms with E-state index in [-0.39, 0.29) is 0 Å². The molecule has 0 aliphatic carbocycles. The predicted octanol–water partition coefficient (Wildman–Crippen LogP) is 3.37. The Morgan fingerprint density at radius 2 is 1.50 bits per heavy atom. The molecule has 0 aromatic heterocycles. The van der Waals surface area contributed by atoms with E-state index in [1.165, 1.54) is 5.56 Å². The van der Waals surface area contributed by atoms with Crippen LogP contribution in [0.15, 0.2) is 30.3 Å². The third-order valence-electron chi connectivity index (χ3n) is 0.940. The van der Waals surface area contributed by atoms with Gasteiger partial charge in [0, 0.05) is 0 Å². The van der Waals surface area contributed by atoms with Crippen LogP contribution in [0.2, 0.25) is 0 Å². The molecule has 0 atom stereocenters. The third kappa shape index (κ3) is 6.80. The summed E-state index contributed by atoms with van der Waals surface area (Å²) >= 11 is -0.826. The van der Waals surface area contributed by atoms with Crippen LogP contribution in [-0.4, -0.2) is 0 Å². The van der Waals surface area contributed by atoms with Crippen LogP contribution in [0.25, 0.3) is 0 Å². The van der Waals surface area contributed by atoms with Crippen molar-refractivity contribution in [1.29, 1.82) is 0 Å². The number of halogens is 2. The Kier molecular flexibility index (Phi) is 8.32. The van der Waals surface area contributed by atoms with Gasteiger partial charge in [-0.3, -0.25) is 0 Å². The van der Waals surface area contributed by atoms with Crippen molar-refractivity contribution in [2.75, 3.05) is 0 Å². The molecule has 1 aromatic rings. The topological polar surface area (TPSA) is 0 Å². The van der Waals surface area contributed by atoms with E-state index in [2.05, 4.69) is 19.1 Å². The van der Waals surface area contributed by atoms with E-state index in [0.717, 1.165) is 0 Å². The van der Waals surface area contributed by atoms with E-state index in [4.69, 9.17) is 17.0 Å². The van der Waals surface area contributed by atoms with E-state index in [9.17, 15) is 0 Å². The molecule has 10 heavy (non-hydrogen) atoms. The average molecular weight is 254 g/mol. The van der Waals surface area contributed by atoms with Gasteiger partial charge in [0.05, 0.1) is 0 Å². The van der Waals surface area contributed by atoms with Crippen molar-refractivity contribution in [2.24, 2.45) is 0 Å². The van der Waals surface area contributed by atoms with Crippen molar-refractivity contribution in [3.8, 4) is 0 Å². The van der Waals surface area contributed by atoms with E-state index in [0.29, 0.717) is 0 Å². The molecule has 0 radical (unpaired) electrons. The Bertz CT molecular complexity index is 153. The predicted molar refractivity (Wildman–Crippen MR) is 42.9 cm³/mol. The molecule has 0 unspecified atom stereocenters. The zero-order valence-electron chi connectivity index (χ0n) is 5.64. The van der Waals surface area contributed by atoms with Gasteiger partial charge in [0.25, 0.3) is 0 Å². The molecule has 0 saturated heterocycles. The Hall–Kier alpha value is 0.683. The summed E-state index contributed by atoms with van der Waals surface area (Å²) in [6.45, 7) is 2.08. The van der Waals surface area contributed by atoms with Crippen LogP contribution in [0, 0.1) is 6.92 Å². The normalized spacial score (nSPS) is 7.50. The van der Waals surface area contributed by atoms with Gasteiger partial charge in [0.2, 0.25) is 0 Å². The standard InChI is InChI=1S/C7H8.2ClH.Zr/c1-7-5-3-2-4-6-7;;;/h2-6H,1H3;2*1H;/q;;;+2/p-2. The molecule has 0 saturated carbocycles. The van der Waals surface area contributed by atoms with Crippen LogP contribution in [0.3, 0.4) is 0 Å². The summed E-state index contributed by atoms with van der Waals surface area (Å²) in [5.74, 6) is 0. The Labute approximate surface area is 80.2 Å². The molecule has 1 rings (SSSR count). The zero-order chi connectivity index (χ0) is 7.82. The Morgan fingerprint density at radius 3 is 1.70 bits per heavy atom. The second kappa shape index (κ2) is 7.79. The van der Waals surface area contributed by atoms with Crippen LogP contribution in [0.1, 0.15) is 5.56 Å². The van der Waals surface area contributed by atoms with Crippen LogP contribution >= 0.6 is 17.0 Å². The summed E-state index contributed by atoms with van der Waals surface area (Å²) in [4.78, 5) is 0. The van der Waals surface area contributed by atoms with Crippen molar-refractivity contribution in [2.45, 2.75) is 6.92 Å². The molecule has 54 valence electrons. The second-order valence-corrected chi connectivity index (χ2v) is 5.46. The molecule has 0 aliphatic rings. The summed E-state index contributed by atoms with van der Waals surface area (Å²) in [5.41, 5.74) is 1.32. The fraction of sp³-hybridized carbons (Fsp3) is 0.143. The van der Waals surface area contributed by atoms with Gasteiger partial charge in [-0.25, -0.2) is 0 Å². The van der Waals surface area contributed by atoms with Crippen LogP contribution in [0.4, 0.5) is 0 Å². The molecule has 0 spiro atoms. The Balaban J connectivity index is 0.000000236. The van der Waals surface area contributed by atoms with E-state index in [1.54, 1.807) is 0 Å². The fourth-order valence-electron chi connectivity index (χ4n) is 0.534. The summed E-state index contributed by atoms with van der Waals surface area (Å²) in [5, 5.41) is 0. The maximum absolute atomic E-state index is 4.93. The van der Waals surface area contributed by atoms with Crippen molar-refractivity contribution < 1.29 is 20.8 Å². The van der Waals surface area contributed by atoms with Gasteiger partial charge < -0.3 is 0 Å². The van der Waals surface area contributed by atoms with Gasteiger partial charge in [-0.2, -0.15) is 0 Å². The second-order valence-electron chi connectivity index (χ2n) is 1.73. The number of hydrogen-bond acceptors (Lipinski definition) is 0. The van der Waals surface area contributed by atoms with E-state index >= 15 is 0 Å².